The van der Waals surface area contributed by atoms with E-state index in [-0.39, 0.29) is 18.1 Å². The van der Waals surface area contributed by atoms with E-state index < -0.39 is 0 Å². The lowest BCUT2D eigenvalue weighted by Crippen LogP contribution is -2.50. The fraction of sp³-hybridized carbons (Fsp3) is 0.778. The van der Waals surface area contributed by atoms with Crippen LogP contribution in [-0.2, 0) is 16.1 Å². The molecule has 0 radical (unpaired) electrons. The van der Waals surface area contributed by atoms with Crippen molar-refractivity contribution in [2.45, 2.75) is 63.8 Å². The summed E-state index contributed by atoms with van der Waals surface area (Å²) in [6.07, 6.45) is 7.11. The molecule has 0 bridgehead atoms. The Balaban J connectivity index is 1.33. The quantitative estimate of drug-likeness (QED) is 0.841. The largest absolute Gasteiger partial charge is 0.363 e. The zero-order valence-electron chi connectivity index (χ0n) is 14.4. The first kappa shape index (κ1) is 16.5. The molecule has 24 heavy (non-hydrogen) atoms. The molecule has 6 heteroatoms. The van der Waals surface area contributed by atoms with Crippen molar-refractivity contribution in [1.82, 2.24) is 14.8 Å². The molecule has 1 aromatic rings. The summed E-state index contributed by atoms with van der Waals surface area (Å²) in [4.78, 5) is 21.7. The summed E-state index contributed by atoms with van der Waals surface area (Å²) in [5.74, 6) is 0.985. The topological polar surface area (TPSA) is 45.7 Å². The Bertz CT molecular complexity index is 557. The first-order valence-electron chi connectivity index (χ1n) is 9.27. The van der Waals surface area contributed by atoms with Gasteiger partial charge in [-0.3, -0.25) is 9.69 Å². The third-order valence-electron chi connectivity index (χ3n) is 5.86. The van der Waals surface area contributed by atoms with Gasteiger partial charge in [0, 0.05) is 37.3 Å². The summed E-state index contributed by atoms with van der Waals surface area (Å²) in [5, 5.41) is 3.21. The van der Waals surface area contributed by atoms with Crippen molar-refractivity contribution in [3.63, 3.8) is 0 Å². The summed E-state index contributed by atoms with van der Waals surface area (Å²) < 4.78 is 6.25. The number of carbonyl (C=O) groups is 1. The molecule has 4 heterocycles. The molecule has 3 saturated heterocycles. The van der Waals surface area contributed by atoms with E-state index in [2.05, 4.69) is 16.8 Å². The van der Waals surface area contributed by atoms with Crippen LogP contribution in [0.15, 0.2) is 11.6 Å². The fourth-order valence-electron chi connectivity index (χ4n) is 4.33. The first-order valence-corrected chi connectivity index (χ1v) is 10.2. The molecule has 3 fully saturated rings. The number of ether oxygens (including phenoxy) is 1. The first-order chi connectivity index (χ1) is 11.7. The van der Waals surface area contributed by atoms with E-state index in [0.717, 1.165) is 64.2 Å². The standard InChI is InChI=1S/C18H27N3O2S/c1-13-4-8-20(9-5-13)18(22)16-3-2-14-15(23-16)6-10-21(14)12-17-19-7-11-24-17/h7,11,13-16H,2-6,8-10,12H2,1H3/t14-,15-,16-/m0/s1. The Morgan fingerprint density at radius 2 is 2.08 bits per heavy atom. The third kappa shape index (κ3) is 3.37. The van der Waals surface area contributed by atoms with Gasteiger partial charge in [-0.05, 0) is 38.0 Å². The van der Waals surface area contributed by atoms with Gasteiger partial charge in [0.1, 0.15) is 11.1 Å². The van der Waals surface area contributed by atoms with Crippen molar-refractivity contribution in [2.75, 3.05) is 19.6 Å². The highest BCUT2D eigenvalue weighted by molar-refractivity contribution is 7.09. The van der Waals surface area contributed by atoms with Gasteiger partial charge < -0.3 is 9.64 Å². The van der Waals surface area contributed by atoms with Gasteiger partial charge in [0.05, 0.1) is 12.6 Å². The molecule has 1 amide bonds. The maximum Gasteiger partial charge on any atom is 0.251 e. The minimum absolute atomic E-state index is 0.209. The molecule has 0 N–H and O–H groups in total. The van der Waals surface area contributed by atoms with Gasteiger partial charge in [0.25, 0.3) is 5.91 Å². The Kier molecular flexibility index (Phi) is 4.88. The smallest absolute Gasteiger partial charge is 0.251 e. The normalized spacial score (nSPS) is 32.0. The number of likely N-dealkylation sites (tertiary alicyclic amines) is 2. The average molecular weight is 350 g/mol. The van der Waals surface area contributed by atoms with Crippen LogP contribution in [-0.4, -0.2) is 58.6 Å². The number of fused-ring (bicyclic) bond motifs is 1. The Labute approximate surface area is 148 Å². The highest BCUT2D eigenvalue weighted by atomic mass is 32.1. The number of rotatable bonds is 3. The number of nitrogens with zero attached hydrogens (tertiary/aromatic N) is 3. The van der Waals surface area contributed by atoms with E-state index >= 15 is 0 Å². The van der Waals surface area contributed by atoms with Crippen molar-refractivity contribution in [1.29, 1.82) is 0 Å². The third-order valence-corrected chi connectivity index (χ3v) is 6.62. The number of carbonyl (C=O) groups excluding carboxylic acids is 1. The number of hydrogen-bond donors (Lipinski definition) is 0. The Morgan fingerprint density at radius 3 is 2.83 bits per heavy atom. The lowest BCUT2D eigenvalue weighted by atomic mass is 9.96. The molecule has 3 aliphatic heterocycles. The molecule has 0 unspecified atom stereocenters. The molecule has 0 aromatic carbocycles. The minimum Gasteiger partial charge on any atom is -0.363 e. The predicted molar refractivity (Wildman–Crippen MR) is 93.8 cm³/mol. The fourth-order valence-corrected chi connectivity index (χ4v) is 4.97. The molecular weight excluding hydrogens is 322 g/mol. The molecule has 1 aromatic heterocycles. The SMILES string of the molecule is CC1CCN(C(=O)[C@@H]2CC[C@H]3[C@H](CCN3Cc3nccs3)O2)CC1. The van der Waals surface area contributed by atoms with Gasteiger partial charge in [-0.2, -0.15) is 0 Å². The average Bonchev–Trinajstić information content (AvgIpc) is 3.25. The lowest BCUT2D eigenvalue weighted by molar-refractivity contribution is -0.155. The van der Waals surface area contributed by atoms with E-state index in [1.165, 1.54) is 5.01 Å². The number of piperidine rings is 1. The monoisotopic (exact) mass is 349 g/mol. The Hall–Kier alpha value is -0.980. The predicted octanol–water partition coefficient (Wildman–Crippen LogP) is 2.52. The maximum absolute atomic E-state index is 12.8. The van der Waals surface area contributed by atoms with Crippen molar-refractivity contribution < 1.29 is 9.53 Å². The van der Waals surface area contributed by atoms with Crippen LogP contribution in [0.1, 0.15) is 44.0 Å². The van der Waals surface area contributed by atoms with Crippen LogP contribution in [0.3, 0.4) is 0 Å². The van der Waals surface area contributed by atoms with Crippen molar-refractivity contribution >= 4 is 17.2 Å². The molecule has 5 nitrogen and oxygen atoms in total. The van der Waals surface area contributed by atoms with Crippen LogP contribution in [0.4, 0.5) is 0 Å². The van der Waals surface area contributed by atoms with Gasteiger partial charge in [-0.15, -0.1) is 11.3 Å². The molecule has 3 aliphatic rings. The van der Waals surface area contributed by atoms with Crippen LogP contribution < -0.4 is 0 Å². The second-order valence-corrected chi connectivity index (χ2v) is 8.48. The molecule has 4 rings (SSSR count). The van der Waals surface area contributed by atoms with Crippen LogP contribution in [0.2, 0.25) is 0 Å². The number of hydrogen-bond acceptors (Lipinski definition) is 5. The summed E-state index contributed by atoms with van der Waals surface area (Å²) in [6.45, 7) is 6.06. The van der Waals surface area contributed by atoms with Crippen LogP contribution >= 0.6 is 11.3 Å². The number of amides is 1. The molecule has 0 spiro atoms. The minimum atomic E-state index is -0.209. The second-order valence-electron chi connectivity index (χ2n) is 7.50. The van der Waals surface area contributed by atoms with Crippen LogP contribution in [0.5, 0.6) is 0 Å². The van der Waals surface area contributed by atoms with Gasteiger partial charge >= 0.3 is 0 Å². The van der Waals surface area contributed by atoms with Crippen molar-refractivity contribution in [2.24, 2.45) is 5.92 Å². The summed E-state index contributed by atoms with van der Waals surface area (Å²) in [5.41, 5.74) is 0. The lowest BCUT2D eigenvalue weighted by Gasteiger charge is -2.38. The molecular formula is C18H27N3O2S. The van der Waals surface area contributed by atoms with Crippen LogP contribution in [0, 0.1) is 5.92 Å². The Morgan fingerprint density at radius 1 is 1.25 bits per heavy atom. The second kappa shape index (κ2) is 7.10. The van der Waals surface area contributed by atoms with Gasteiger partial charge in [0.2, 0.25) is 0 Å². The summed E-state index contributed by atoms with van der Waals surface area (Å²) >= 11 is 1.72. The number of thiazole rings is 1. The van der Waals surface area contributed by atoms with E-state index in [9.17, 15) is 4.79 Å². The highest BCUT2D eigenvalue weighted by Crippen LogP contribution is 2.33. The van der Waals surface area contributed by atoms with E-state index in [1.54, 1.807) is 11.3 Å². The van der Waals surface area contributed by atoms with Crippen molar-refractivity contribution in [3.8, 4) is 0 Å². The zero-order chi connectivity index (χ0) is 16.5. The van der Waals surface area contributed by atoms with Gasteiger partial charge in [0.15, 0.2) is 0 Å². The zero-order valence-corrected chi connectivity index (χ0v) is 15.2. The molecule has 0 saturated carbocycles. The van der Waals surface area contributed by atoms with Gasteiger partial charge in [-0.25, -0.2) is 4.98 Å². The van der Waals surface area contributed by atoms with Gasteiger partial charge in [-0.1, -0.05) is 6.92 Å². The van der Waals surface area contributed by atoms with E-state index in [0.29, 0.717) is 6.04 Å². The molecule has 3 atom stereocenters. The highest BCUT2D eigenvalue weighted by Gasteiger charge is 2.42. The molecule has 0 aliphatic carbocycles. The molecule has 132 valence electrons. The van der Waals surface area contributed by atoms with Crippen LogP contribution in [0.25, 0.3) is 0 Å². The number of aromatic nitrogens is 1. The van der Waals surface area contributed by atoms with E-state index in [1.807, 2.05) is 16.5 Å². The maximum atomic E-state index is 12.8. The summed E-state index contributed by atoms with van der Waals surface area (Å²) in [6, 6.07) is 0.458. The summed E-state index contributed by atoms with van der Waals surface area (Å²) in [7, 11) is 0. The van der Waals surface area contributed by atoms with Crippen molar-refractivity contribution in [3.05, 3.63) is 16.6 Å². The van der Waals surface area contributed by atoms with E-state index in [4.69, 9.17) is 4.74 Å².